The fourth-order valence-corrected chi connectivity index (χ4v) is 1.61. The minimum Gasteiger partial charge on any atom is -0.340 e. The van der Waals surface area contributed by atoms with E-state index in [-0.39, 0.29) is 11.2 Å². The molecular weight excluding hydrogens is 184 g/mol. The van der Waals surface area contributed by atoms with Crippen LogP contribution in [0.5, 0.6) is 0 Å². The molecule has 3 nitrogen and oxygen atoms in total. The van der Waals surface area contributed by atoms with Crippen molar-refractivity contribution in [3.63, 3.8) is 0 Å². The number of amides is 1. The third-order valence-electron chi connectivity index (χ3n) is 2.32. The van der Waals surface area contributed by atoms with Crippen LogP contribution in [0.15, 0.2) is 0 Å². The first-order chi connectivity index (χ1) is 6.25. The van der Waals surface area contributed by atoms with Crippen molar-refractivity contribution in [2.45, 2.75) is 25.0 Å². The van der Waals surface area contributed by atoms with E-state index in [2.05, 4.69) is 17.9 Å². The van der Waals surface area contributed by atoms with Crippen molar-refractivity contribution in [2.75, 3.05) is 26.2 Å². The van der Waals surface area contributed by atoms with Gasteiger partial charge in [-0.05, 0) is 19.4 Å². The molecule has 1 atom stereocenters. The molecule has 1 unspecified atom stereocenters. The Balaban J connectivity index is 2.43. The van der Waals surface area contributed by atoms with Gasteiger partial charge in [0.2, 0.25) is 5.91 Å². The van der Waals surface area contributed by atoms with E-state index in [0.29, 0.717) is 0 Å². The summed E-state index contributed by atoms with van der Waals surface area (Å²) in [5.74, 6) is 0.189. The molecule has 13 heavy (non-hydrogen) atoms. The molecule has 0 aromatic carbocycles. The first-order valence-corrected chi connectivity index (χ1v) is 5.45. The molecule has 1 heterocycles. The van der Waals surface area contributed by atoms with Gasteiger partial charge >= 0.3 is 0 Å². The summed E-state index contributed by atoms with van der Waals surface area (Å²) in [5, 5.41) is 3.16. The lowest BCUT2D eigenvalue weighted by molar-refractivity contribution is -0.130. The van der Waals surface area contributed by atoms with Gasteiger partial charge in [-0.1, -0.05) is 6.92 Å². The van der Waals surface area contributed by atoms with Crippen LogP contribution in [-0.4, -0.2) is 42.2 Å². The molecule has 0 saturated carbocycles. The lowest BCUT2D eigenvalue weighted by Gasteiger charge is -2.22. The van der Waals surface area contributed by atoms with Crippen molar-refractivity contribution < 1.29 is 4.79 Å². The maximum Gasteiger partial charge on any atom is 0.235 e. The highest BCUT2D eigenvalue weighted by Gasteiger charge is 2.20. The summed E-state index contributed by atoms with van der Waals surface area (Å²) in [5.41, 5.74) is 0. The summed E-state index contributed by atoms with van der Waals surface area (Å²) in [6.07, 6.45) is 1.86. The number of carbonyl (C=O) groups excluding carboxylic acids is 1. The van der Waals surface area contributed by atoms with E-state index in [0.717, 1.165) is 39.0 Å². The number of nitrogens with zero attached hydrogens (tertiary/aromatic N) is 1. The predicted molar refractivity (Wildman–Crippen MR) is 57.1 cm³/mol. The molecule has 1 N–H and O–H groups in total. The summed E-state index contributed by atoms with van der Waals surface area (Å²) in [7, 11) is 0. The second-order valence-corrected chi connectivity index (χ2v) is 3.98. The van der Waals surface area contributed by atoms with Crippen LogP contribution in [0.4, 0.5) is 0 Å². The van der Waals surface area contributed by atoms with Crippen LogP contribution in [0, 0.1) is 0 Å². The van der Waals surface area contributed by atoms with Crippen LogP contribution in [0.2, 0.25) is 0 Å². The zero-order chi connectivity index (χ0) is 9.68. The average Bonchev–Trinajstić information content (AvgIpc) is 2.43. The molecule has 1 rings (SSSR count). The van der Waals surface area contributed by atoms with Gasteiger partial charge in [-0.3, -0.25) is 4.79 Å². The van der Waals surface area contributed by atoms with Gasteiger partial charge in [-0.15, -0.1) is 0 Å². The van der Waals surface area contributed by atoms with Gasteiger partial charge in [0.25, 0.3) is 0 Å². The maximum atomic E-state index is 11.7. The fraction of sp³-hybridized carbons (Fsp3) is 0.889. The van der Waals surface area contributed by atoms with Gasteiger partial charge in [0.15, 0.2) is 0 Å². The Morgan fingerprint density at radius 1 is 1.54 bits per heavy atom. The van der Waals surface area contributed by atoms with E-state index in [1.54, 1.807) is 0 Å². The lowest BCUT2D eigenvalue weighted by atomic mass is 10.2. The smallest absolute Gasteiger partial charge is 0.235 e. The molecule has 0 spiro atoms. The van der Waals surface area contributed by atoms with Crippen molar-refractivity contribution in [2.24, 2.45) is 0 Å². The Labute approximate surface area is 85.3 Å². The molecule has 0 aromatic rings. The monoisotopic (exact) mass is 202 g/mol. The van der Waals surface area contributed by atoms with E-state index in [1.807, 2.05) is 11.8 Å². The molecule has 0 aliphatic carbocycles. The largest absolute Gasteiger partial charge is 0.340 e. The Bertz CT molecular complexity index is 167. The van der Waals surface area contributed by atoms with E-state index >= 15 is 0 Å². The summed E-state index contributed by atoms with van der Waals surface area (Å²) >= 11 is 4.26. The van der Waals surface area contributed by atoms with Gasteiger partial charge in [0.05, 0.1) is 5.25 Å². The first-order valence-electron chi connectivity index (χ1n) is 4.93. The lowest BCUT2D eigenvalue weighted by Crippen LogP contribution is -2.38. The third kappa shape index (κ3) is 3.19. The topological polar surface area (TPSA) is 32.3 Å². The molecule has 1 aliphatic rings. The number of hydrogen-bond acceptors (Lipinski definition) is 3. The molecule has 0 aromatic heterocycles. The first kappa shape index (κ1) is 10.9. The third-order valence-corrected chi connectivity index (χ3v) is 2.91. The summed E-state index contributed by atoms with van der Waals surface area (Å²) in [4.78, 5) is 13.6. The Kier molecular flexibility index (Phi) is 4.59. The molecule has 1 amide bonds. The molecule has 76 valence electrons. The van der Waals surface area contributed by atoms with Gasteiger partial charge in [0, 0.05) is 19.6 Å². The molecular formula is C9H18N2OS. The van der Waals surface area contributed by atoms with E-state index < -0.39 is 0 Å². The second-order valence-electron chi connectivity index (χ2n) is 3.35. The van der Waals surface area contributed by atoms with Crippen LogP contribution >= 0.6 is 12.6 Å². The Hall–Kier alpha value is -0.220. The van der Waals surface area contributed by atoms with Crippen molar-refractivity contribution in [1.29, 1.82) is 0 Å². The number of nitrogens with one attached hydrogen (secondary N) is 1. The number of thiol groups is 1. The zero-order valence-electron chi connectivity index (χ0n) is 8.12. The maximum absolute atomic E-state index is 11.7. The second kappa shape index (κ2) is 5.50. The van der Waals surface area contributed by atoms with Crippen LogP contribution in [0.3, 0.4) is 0 Å². The van der Waals surface area contributed by atoms with Crippen molar-refractivity contribution in [1.82, 2.24) is 10.2 Å². The minimum atomic E-state index is -0.113. The van der Waals surface area contributed by atoms with Crippen molar-refractivity contribution in [3.05, 3.63) is 0 Å². The van der Waals surface area contributed by atoms with E-state index in [1.165, 1.54) is 0 Å². The Morgan fingerprint density at radius 3 is 3.00 bits per heavy atom. The fourth-order valence-electron chi connectivity index (χ4n) is 1.45. The summed E-state index contributed by atoms with van der Waals surface area (Å²) in [6, 6.07) is 0. The molecule has 4 heteroatoms. The molecule has 0 bridgehead atoms. The SMILES string of the molecule is CCC(S)C(=O)N1CCCNCC1. The van der Waals surface area contributed by atoms with Crippen LogP contribution in [0.25, 0.3) is 0 Å². The predicted octanol–water partition coefficient (Wildman–Crippen LogP) is 0.517. The van der Waals surface area contributed by atoms with Gasteiger partial charge in [-0.25, -0.2) is 0 Å². The number of carbonyl (C=O) groups is 1. The van der Waals surface area contributed by atoms with Gasteiger partial charge in [0.1, 0.15) is 0 Å². The summed E-state index contributed by atoms with van der Waals surface area (Å²) in [6.45, 7) is 5.63. The van der Waals surface area contributed by atoms with Crippen molar-refractivity contribution in [3.8, 4) is 0 Å². The minimum absolute atomic E-state index is 0.113. The van der Waals surface area contributed by atoms with Crippen molar-refractivity contribution >= 4 is 18.5 Å². The zero-order valence-corrected chi connectivity index (χ0v) is 9.02. The standard InChI is InChI=1S/C9H18N2OS/c1-2-8(13)9(12)11-6-3-4-10-5-7-11/h8,10,13H,2-7H2,1H3. The van der Waals surface area contributed by atoms with Crippen LogP contribution < -0.4 is 5.32 Å². The molecule has 1 saturated heterocycles. The molecule has 1 aliphatic heterocycles. The average molecular weight is 202 g/mol. The van der Waals surface area contributed by atoms with Gasteiger partial charge in [-0.2, -0.15) is 12.6 Å². The van der Waals surface area contributed by atoms with E-state index in [4.69, 9.17) is 0 Å². The Morgan fingerprint density at radius 2 is 2.31 bits per heavy atom. The molecule has 0 radical (unpaired) electrons. The van der Waals surface area contributed by atoms with Crippen LogP contribution in [-0.2, 0) is 4.79 Å². The highest BCUT2D eigenvalue weighted by Crippen LogP contribution is 2.07. The summed E-state index contributed by atoms with van der Waals surface area (Å²) < 4.78 is 0. The molecule has 1 fully saturated rings. The van der Waals surface area contributed by atoms with E-state index in [9.17, 15) is 4.79 Å². The highest BCUT2D eigenvalue weighted by atomic mass is 32.1. The normalized spacial score (nSPS) is 20.9. The van der Waals surface area contributed by atoms with Gasteiger partial charge < -0.3 is 10.2 Å². The quantitative estimate of drug-likeness (QED) is 0.640. The number of hydrogen-bond donors (Lipinski definition) is 2. The number of rotatable bonds is 2. The highest BCUT2D eigenvalue weighted by molar-refractivity contribution is 7.81. The van der Waals surface area contributed by atoms with Crippen LogP contribution in [0.1, 0.15) is 19.8 Å².